The summed E-state index contributed by atoms with van der Waals surface area (Å²) in [7, 11) is 0. The maximum Gasteiger partial charge on any atom is 0.327 e. The number of carboxylic acids is 1. The highest BCUT2D eigenvalue weighted by Gasteiger charge is 2.06. The van der Waals surface area contributed by atoms with Gasteiger partial charge in [-0.2, -0.15) is 0 Å². The molecule has 0 radical (unpaired) electrons. The van der Waals surface area contributed by atoms with E-state index in [1.165, 1.54) is 6.08 Å². The Balaban J connectivity index is 3.97. The molecule has 1 unspecified atom stereocenters. The first-order chi connectivity index (χ1) is 5.07. The summed E-state index contributed by atoms with van der Waals surface area (Å²) < 4.78 is 0. The van der Waals surface area contributed by atoms with Gasteiger partial charge < -0.3 is 5.11 Å². The molecule has 2 nitrogen and oxygen atoms in total. The minimum atomic E-state index is -0.857. The first-order valence-corrected chi connectivity index (χ1v) is 3.99. The van der Waals surface area contributed by atoms with Crippen LogP contribution in [0.3, 0.4) is 0 Å². The molecule has 0 aliphatic rings. The molecule has 2 heteroatoms. The van der Waals surface area contributed by atoms with Gasteiger partial charge in [0.2, 0.25) is 0 Å². The van der Waals surface area contributed by atoms with Crippen molar-refractivity contribution in [3.05, 3.63) is 12.2 Å². The molecule has 0 saturated carbocycles. The number of hydrogen-bond acceptors (Lipinski definition) is 1. The van der Waals surface area contributed by atoms with E-state index < -0.39 is 5.97 Å². The Morgan fingerprint density at radius 2 is 2.09 bits per heavy atom. The maximum absolute atomic E-state index is 10.2. The number of carboxylic acid groups (broad SMARTS) is 1. The van der Waals surface area contributed by atoms with E-state index in [4.69, 9.17) is 5.11 Å². The lowest BCUT2D eigenvalue weighted by atomic mass is 9.93. The van der Waals surface area contributed by atoms with Crippen LogP contribution in [0.15, 0.2) is 12.2 Å². The lowest BCUT2D eigenvalue weighted by Crippen LogP contribution is -2.04. The van der Waals surface area contributed by atoms with E-state index in [9.17, 15) is 4.79 Å². The molecule has 0 bridgehead atoms. The van der Waals surface area contributed by atoms with Crippen LogP contribution in [-0.2, 0) is 4.79 Å². The van der Waals surface area contributed by atoms with Crippen molar-refractivity contribution in [1.29, 1.82) is 0 Å². The molecule has 0 amide bonds. The monoisotopic (exact) mass is 156 g/mol. The summed E-state index contributed by atoms with van der Waals surface area (Å²) in [5.74, 6) is 0.0609. The van der Waals surface area contributed by atoms with E-state index in [-0.39, 0.29) is 0 Å². The quantitative estimate of drug-likeness (QED) is 0.634. The van der Waals surface area contributed by atoms with E-state index in [1.54, 1.807) is 6.08 Å². The van der Waals surface area contributed by atoms with Crippen molar-refractivity contribution >= 4 is 5.97 Å². The van der Waals surface area contributed by atoms with Gasteiger partial charge in [0.1, 0.15) is 0 Å². The third-order valence-electron chi connectivity index (χ3n) is 1.81. The van der Waals surface area contributed by atoms with Crippen molar-refractivity contribution < 1.29 is 9.90 Å². The molecule has 1 atom stereocenters. The van der Waals surface area contributed by atoms with Crippen molar-refractivity contribution in [2.75, 3.05) is 0 Å². The summed E-state index contributed by atoms with van der Waals surface area (Å²) in [4.78, 5) is 10.2. The Labute approximate surface area is 67.9 Å². The molecule has 0 rings (SSSR count). The third kappa shape index (κ3) is 4.59. The maximum atomic E-state index is 10.2. The van der Waals surface area contributed by atoms with Crippen molar-refractivity contribution in [3.8, 4) is 0 Å². The summed E-state index contributed by atoms with van der Waals surface area (Å²) in [5.41, 5.74) is 0. The van der Waals surface area contributed by atoms with Crippen LogP contribution in [0.25, 0.3) is 0 Å². The molecule has 0 aromatic heterocycles. The minimum Gasteiger partial charge on any atom is -0.478 e. The minimum absolute atomic E-state index is 0.395. The Kier molecular flexibility index (Phi) is 4.59. The molecule has 1 N–H and O–H groups in total. The zero-order valence-electron chi connectivity index (χ0n) is 7.37. The van der Waals surface area contributed by atoms with Crippen molar-refractivity contribution in [2.45, 2.75) is 27.2 Å². The molecule has 0 aromatic carbocycles. The fourth-order valence-corrected chi connectivity index (χ4v) is 1.04. The van der Waals surface area contributed by atoms with Crippen LogP contribution in [0.5, 0.6) is 0 Å². The summed E-state index contributed by atoms with van der Waals surface area (Å²) in [6.07, 6.45) is 4.00. The smallest absolute Gasteiger partial charge is 0.327 e. The van der Waals surface area contributed by atoms with E-state index in [1.807, 2.05) is 0 Å². The molecule has 0 aliphatic heterocycles. The molecule has 0 aliphatic carbocycles. The SMILES string of the molecule is CCC(C=CC(=O)O)C(C)C. The van der Waals surface area contributed by atoms with E-state index >= 15 is 0 Å². The van der Waals surface area contributed by atoms with Gasteiger partial charge in [0, 0.05) is 6.08 Å². The van der Waals surface area contributed by atoms with Gasteiger partial charge in [0.15, 0.2) is 0 Å². The zero-order chi connectivity index (χ0) is 8.85. The number of carbonyl (C=O) groups is 1. The van der Waals surface area contributed by atoms with Gasteiger partial charge in [-0.1, -0.05) is 26.8 Å². The second-order valence-electron chi connectivity index (χ2n) is 3.01. The topological polar surface area (TPSA) is 37.3 Å². The molecule has 0 fully saturated rings. The fourth-order valence-electron chi connectivity index (χ4n) is 1.04. The Morgan fingerprint density at radius 1 is 1.55 bits per heavy atom. The largest absolute Gasteiger partial charge is 0.478 e. The fraction of sp³-hybridized carbons (Fsp3) is 0.667. The molecule has 64 valence electrons. The molecular formula is C9H16O2. The predicted molar refractivity (Wildman–Crippen MR) is 45.4 cm³/mol. The summed E-state index contributed by atoms with van der Waals surface area (Å²) in [6, 6.07) is 0. The predicted octanol–water partition coefficient (Wildman–Crippen LogP) is 2.31. The number of allylic oxidation sites excluding steroid dienone is 1. The lowest BCUT2D eigenvalue weighted by Gasteiger charge is -2.12. The van der Waals surface area contributed by atoms with Crippen LogP contribution < -0.4 is 0 Å². The van der Waals surface area contributed by atoms with Crippen molar-refractivity contribution in [3.63, 3.8) is 0 Å². The Hall–Kier alpha value is -0.790. The highest BCUT2D eigenvalue weighted by Crippen LogP contribution is 2.15. The van der Waals surface area contributed by atoms with Crippen molar-refractivity contribution in [1.82, 2.24) is 0 Å². The van der Waals surface area contributed by atoms with Crippen molar-refractivity contribution in [2.24, 2.45) is 11.8 Å². The van der Waals surface area contributed by atoms with Crippen LogP contribution in [-0.4, -0.2) is 11.1 Å². The second-order valence-corrected chi connectivity index (χ2v) is 3.01. The number of rotatable bonds is 4. The normalized spacial score (nSPS) is 14.2. The first-order valence-electron chi connectivity index (χ1n) is 3.99. The van der Waals surface area contributed by atoms with E-state index in [0.717, 1.165) is 6.42 Å². The van der Waals surface area contributed by atoms with E-state index in [0.29, 0.717) is 11.8 Å². The summed E-state index contributed by atoms with van der Waals surface area (Å²) >= 11 is 0. The average molecular weight is 156 g/mol. The first kappa shape index (κ1) is 10.2. The number of aliphatic carboxylic acids is 1. The molecule has 0 spiro atoms. The highest BCUT2D eigenvalue weighted by atomic mass is 16.4. The van der Waals surface area contributed by atoms with Crippen LogP contribution >= 0.6 is 0 Å². The molecule has 0 heterocycles. The number of hydrogen-bond donors (Lipinski definition) is 1. The van der Waals surface area contributed by atoms with Gasteiger partial charge in [-0.15, -0.1) is 0 Å². The van der Waals surface area contributed by atoms with Crippen LogP contribution in [0, 0.1) is 11.8 Å². The van der Waals surface area contributed by atoms with Gasteiger partial charge >= 0.3 is 5.97 Å². The lowest BCUT2D eigenvalue weighted by molar-refractivity contribution is -0.131. The summed E-state index contributed by atoms with van der Waals surface area (Å²) in [6.45, 7) is 6.26. The van der Waals surface area contributed by atoms with Crippen LogP contribution in [0.2, 0.25) is 0 Å². The standard InChI is InChI=1S/C9H16O2/c1-4-8(7(2)3)5-6-9(10)11/h5-8H,4H2,1-3H3,(H,10,11). The second kappa shape index (κ2) is 4.94. The van der Waals surface area contributed by atoms with Gasteiger partial charge in [-0.3, -0.25) is 0 Å². The zero-order valence-corrected chi connectivity index (χ0v) is 7.37. The molecular weight excluding hydrogens is 140 g/mol. The molecule has 0 aromatic rings. The highest BCUT2D eigenvalue weighted by molar-refractivity contribution is 5.79. The Bertz CT molecular complexity index is 148. The van der Waals surface area contributed by atoms with Gasteiger partial charge in [-0.05, 0) is 18.3 Å². The van der Waals surface area contributed by atoms with Crippen LogP contribution in [0.4, 0.5) is 0 Å². The average Bonchev–Trinajstić information content (AvgIpc) is 1.87. The Morgan fingerprint density at radius 3 is 2.36 bits per heavy atom. The molecule has 11 heavy (non-hydrogen) atoms. The third-order valence-corrected chi connectivity index (χ3v) is 1.81. The van der Waals surface area contributed by atoms with Gasteiger partial charge in [0.25, 0.3) is 0 Å². The van der Waals surface area contributed by atoms with Crippen LogP contribution in [0.1, 0.15) is 27.2 Å². The van der Waals surface area contributed by atoms with Gasteiger partial charge in [0.05, 0.1) is 0 Å². The molecule has 0 saturated heterocycles. The van der Waals surface area contributed by atoms with Gasteiger partial charge in [-0.25, -0.2) is 4.79 Å². The van der Waals surface area contributed by atoms with E-state index in [2.05, 4.69) is 20.8 Å². The summed E-state index contributed by atoms with van der Waals surface area (Å²) in [5, 5.41) is 8.35.